The number of anilines is 2. The van der Waals surface area contributed by atoms with Crippen LogP contribution >= 0.6 is 11.6 Å². The number of nitrogens with zero attached hydrogens (tertiary/aromatic N) is 1. The second kappa shape index (κ2) is 5.92. The van der Waals surface area contributed by atoms with Crippen LogP contribution in [0.3, 0.4) is 0 Å². The minimum Gasteiger partial charge on any atom is -0.464 e. The molecule has 0 aromatic heterocycles. The van der Waals surface area contributed by atoms with Crippen molar-refractivity contribution in [3.05, 3.63) is 23.2 Å². The first-order valence-corrected chi connectivity index (χ1v) is 6.38. The molecule has 2 amide bonds. The van der Waals surface area contributed by atoms with Gasteiger partial charge in [-0.05, 0) is 18.2 Å². The van der Waals surface area contributed by atoms with Gasteiger partial charge in [0.25, 0.3) is 0 Å². The highest BCUT2D eigenvalue weighted by atomic mass is 35.5. The van der Waals surface area contributed by atoms with Crippen LogP contribution in [-0.2, 0) is 19.1 Å². The van der Waals surface area contributed by atoms with Crippen molar-refractivity contribution >= 4 is 40.8 Å². The fourth-order valence-electron chi connectivity index (χ4n) is 1.93. The van der Waals surface area contributed by atoms with Crippen LogP contribution in [0.1, 0.15) is 13.3 Å². The predicted octanol–water partition coefficient (Wildman–Crippen LogP) is 1.58. The van der Waals surface area contributed by atoms with Gasteiger partial charge in [-0.25, -0.2) is 0 Å². The fourth-order valence-corrected chi connectivity index (χ4v) is 2.10. The first-order valence-electron chi connectivity index (χ1n) is 6.00. The quantitative estimate of drug-likeness (QED) is 0.679. The number of fused-ring (bicyclic) bond motifs is 1. The van der Waals surface area contributed by atoms with Gasteiger partial charge in [-0.3, -0.25) is 14.4 Å². The average Bonchev–Trinajstić information content (AvgIpc) is 2.45. The summed E-state index contributed by atoms with van der Waals surface area (Å²) in [5.74, 6) is -1.16. The van der Waals surface area contributed by atoms with Gasteiger partial charge < -0.3 is 15.0 Å². The Labute approximate surface area is 120 Å². The lowest BCUT2D eigenvalue weighted by molar-refractivity contribution is -0.141. The van der Waals surface area contributed by atoms with E-state index in [0.717, 1.165) is 0 Å². The van der Waals surface area contributed by atoms with Gasteiger partial charge in [0.1, 0.15) is 13.0 Å². The van der Waals surface area contributed by atoms with Gasteiger partial charge in [0.15, 0.2) is 0 Å². The van der Waals surface area contributed by atoms with Crippen LogP contribution in [0.2, 0.25) is 5.02 Å². The number of hydrogen-bond donors (Lipinski definition) is 1. The first-order chi connectivity index (χ1) is 9.47. The summed E-state index contributed by atoms with van der Waals surface area (Å²) in [5, 5.41) is 3.09. The Morgan fingerprint density at radius 1 is 1.45 bits per heavy atom. The molecular weight excluding hydrogens is 284 g/mol. The van der Waals surface area contributed by atoms with Crippen molar-refractivity contribution in [3.63, 3.8) is 0 Å². The lowest BCUT2D eigenvalue weighted by atomic mass is 10.2. The lowest BCUT2D eigenvalue weighted by Gasteiger charge is -2.22. The maximum absolute atomic E-state index is 12.0. The molecule has 0 atom stereocenters. The van der Waals surface area contributed by atoms with Crippen molar-refractivity contribution in [1.29, 1.82) is 0 Å². The third kappa shape index (κ3) is 3.27. The van der Waals surface area contributed by atoms with Crippen LogP contribution in [-0.4, -0.2) is 30.9 Å². The summed E-state index contributed by atoms with van der Waals surface area (Å²) in [4.78, 5) is 35.8. The molecular formula is C13H13ClN2O4. The Kier molecular flexibility index (Phi) is 4.24. The molecule has 0 unspecified atom stereocenters. The summed E-state index contributed by atoms with van der Waals surface area (Å²) in [6.45, 7) is 1.54. The van der Waals surface area contributed by atoms with Crippen molar-refractivity contribution in [3.8, 4) is 0 Å². The largest absolute Gasteiger partial charge is 0.464 e. The smallest absolute Gasteiger partial charge is 0.302 e. The number of amides is 2. The number of carbonyl (C=O) groups is 3. The Morgan fingerprint density at radius 3 is 2.90 bits per heavy atom. The number of halogens is 1. The summed E-state index contributed by atoms with van der Waals surface area (Å²) in [7, 11) is 0. The van der Waals surface area contributed by atoms with E-state index in [9.17, 15) is 14.4 Å². The molecule has 0 saturated carbocycles. The average molecular weight is 297 g/mol. The highest BCUT2D eigenvalue weighted by molar-refractivity contribution is 6.31. The molecule has 1 heterocycles. The Hall–Kier alpha value is -2.08. The SMILES string of the molecule is CC(=O)OCCN1C(=O)CC(=O)Nc2cc(Cl)ccc21. The third-order valence-corrected chi connectivity index (χ3v) is 2.99. The van der Waals surface area contributed by atoms with Gasteiger partial charge >= 0.3 is 5.97 Å². The summed E-state index contributed by atoms with van der Waals surface area (Å²) in [5.41, 5.74) is 1.01. The molecule has 0 aliphatic carbocycles. The lowest BCUT2D eigenvalue weighted by Crippen LogP contribution is -2.34. The van der Waals surface area contributed by atoms with Gasteiger partial charge in [0, 0.05) is 11.9 Å². The van der Waals surface area contributed by atoms with Gasteiger partial charge in [-0.1, -0.05) is 11.6 Å². The molecule has 1 aromatic rings. The fraction of sp³-hybridized carbons (Fsp3) is 0.308. The van der Waals surface area contributed by atoms with E-state index in [0.29, 0.717) is 16.4 Å². The predicted molar refractivity (Wildman–Crippen MR) is 73.7 cm³/mol. The minimum atomic E-state index is -0.419. The van der Waals surface area contributed by atoms with Crippen LogP contribution in [0.4, 0.5) is 11.4 Å². The van der Waals surface area contributed by atoms with E-state index in [2.05, 4.69) is 5.32 Å². The van der Waals surface area contributed by atoms with Gasteiger partial charge in [-0.15, -0.1) is 0 Å². The molecule has 2 rings (SSSR count). The van der Waals surface area contributed by atoms with E-state index in [1.54, 1.807) is 18.2 Å². The zero-order valence-electron chi connectivity index (χ0n) is 10.8. The summed E-state index contributed by atoms with van der Waals surface area (Å²) < 4.78 is 4.84. The molecule has 1 aromatic carbocycles. The van der Waals surface area contributed by atoms with E-state index >= 15 is 0 Å². The summed E-state index contributed by atoms with van der Waals surface area (Å²) in [6.07, 6.45) is -0.258. The molecule has 7 heteroatoms. The number of hydrogen-bond acceptors (Lipinski definition) is 4. The Balaban J connectivity index is 2.27. The first kappa shape index (κ1) is 14.3. The highest BCUT2D eigenvalue weighted by Crippen LogP contribution is 2.31. The monoisotopic (exact) mass is 296 g/mol. The molecule has 1 N–H and O–H groups in total. The molecule has 1 aliphatic heterocycles. The van der Waals surface area contributed by atoms with Crippen LogP contribution in [0.5, 0.6) is 0 Å². The van der Waals surface area contributed by atoms with Crippen LogP contribution in [0, 0.1) is 0 Å². The van der Waals surface area contributed by atoms with E-state index in [-0.39, 0.29) is 25.5 Å². The van der Waals surface area contributed by atoms with Gasteiger partial charge in [0.05, 0.1) is 17.9 Å². The van der Waals surface area contributed by atoms with Crippen LogP contribution < -0.4 is 10.2 Å². The number of esters is 1. The number of carbonyl (C=O) groups excluding carboxylic acids is 3. The molecule has 0 fully saturated rings. The Bertz CT molecular complexity index is 573. The van der Waals surface area contributed by atoms with Crippen molar-refractivity contribution in [1.82, 2.24) is 0 Å². The van der Waals surface area contributed by atoms with E-state index in [1.165, 1.54) is 11.8 Å². The Morgan fingerprint density at radius 2 is 2.20 bits per heavy atom. The molecule has 20 heavy (non-hydrogen) atoms. The molecule has 6 nitrogen and oxygen atoms in total. The highest BCUT2D eigenvalue weighted by Gasteiger charge is 2.26. The maximum atomic E-state index is 12.0. The zero-order valence-corrected chi connectivity index (χ0v) is 11.6. The molecule has 106 valence electrons. The van der Waals surface area contributed by atoms with Crippen LogP contribution in [0.25, 0.3) is 0 Å². The second-order valence-corrected chi connectivity index (χ2v) is 4.71. The zero-order chi connectivity index (χ0) is 14.7. The third-order valence-electron chi connectivity index (χ3n) is 2.76. The van der Waals surface area contributed by atoms with E-state index < -0.39 is 11.9 Å². The van der Waals surface area contributed by atoms with Crippen molar-refractivity contribution in [2.75, 3.05) is 23.4 Å². The number of nitrogens with one attached hydrogen (secondary N) is 1. The molecule has 0 saturated heterocycles. The maximum Gasteiger partial charge on any atom is 0.302 e. The van der Waals surface area contributed by atoms with Crippen LogP contribution in [0.15, 0.2) is 18.2 Å². The van der Waals surface area contributed by atoms with Gasteiger partial charge in [0.2, 0.25) is 11.8 Å². The van der Waals surface area contributed by atoms with E-state index in [4.69, 9.17) is 16.3 Å². The van der Waals surface area contributed by atoms with Crippen molar-refractivity contribution < 1.29 is 19.1 Å². The van der Waals surface area contributed by atoms with Gasteiger partial charge in [-0.2, -0.15) is 0 Å². The van der Waals surface area contributed by atoms with Crippen molar-refractivity contribution in [2.45, 2.75) is 13.3 Å². The topological polar surface area (TPSA) is 75.7 Å². The molecule has 1 aliphatic rings. The minimum absolute atomic E-state index is 0.0668. The second-order valence-electron chi connectivity index (χ2n) is 4.27. The standard InChI is InChI=1S/C13H13ClN2O4/c1-8(17)20-5-4-16-11-3-2-9(14)6-10(11)15-12(18)7-13(16)19/h2-3,6H,4-5,7H2,1H3,(H,15,18). The van der Waals surface area contributed by atoms with E-state index in [1.807, 2.05) is 0 Å². The summed E-state index contributed by atoms with van der Waals surface area (Å²) >= 11 is 5.88. The number of rotatable bonds is 3. The molecule has 0 spiro atoms. The number of benzene rings is 1. The number of ether oxygens (including phenoxy) is 1. The normalized spacial score (nSPS) is 14.4. The summed E-state index contributed by atoms with van der Waals surface area (Å²) in [6, 6.07) is 4.85. The molecule has 0 bridgehead atoms. The molecule has 0 radical (unpaired) electrons. The van der Waals surface area contributed by atoms with Crippen molar-refractivity contribution in [2.24, 2.45) is 0 Å².